The van der Waals surface area contributed by atoms with Gasteiger partial charge < -0.3 is 5.73 Å². The molecule has 0 bridgehead atoms. The number of rotatable bonds is 2. The van der Waals surface area contributed by atoms with Crippen LogP contribution in [0.25, 0.3) is 16.7 Å². The van der Waals surface area contributed by atoms with Crippen LogP contribution in [0, 0.1) is 9.39 Å². The van der Waals surface area contributed by atoms with Gasteiger partial charge in [0.1, 0.15) is 5.82 Å². The van der Waals surface area contributed by atoms with Crippen molar-refractivity contribution in [3.05, 3.63) is 45.8 Å². The lowest BCUT2D eigenvalue weighted by molar-refractivity contribution is 0.622. The summed E-state index contributed by atoms with van der Waals surface area (Å²) >= 11 is 3.62. The van der Waals surface area contributed by atoms with Crippen molar-refractivity contribution in [1.82, 2.24) is 9.55 Å². The van der Waals surface area contributed by atoms with Crippen LogP contribution in [0.15, 0.2) is 41.3 Å². The van der Waals surface area contributed by atoms with E-state index in [4.69, 9.17) is 5.73 Å². The molecule has 1 heterocycles. The molecule has 0 aliphatic carbocycles. The van der Waals surface area contributed by atoms with E-state index in [0.29, 0.717) is 20.6 Å². The summed E-state index contributed by atoms with van der Waals surface area (Å²) in [5.74, 6) is 0.0956. The van der Waals surface area contributed by atoms with Crippen LogP contribution in [0.4, 0.5) is 10.3 Å². The maximum absolute atomic E-state index is 13.8. The average molecular weight is 399 g/mol. The number of nitrogens with zero attached hydrogens (tertiary/aromatic N) is 2. The Bertz CT molecular complexity index is 783. The molecule has 6 heteroatoms. The van der Waals surface area contributed by atoms with Crippen molar-refractivity contribution in [3.8, 4) is 5.69 Å². The number of nitrogens with two attached hydrogens (primary N) is 1. The molecule has 3 nitrogen and oxygen atoms in total. The summed E-state index contributed by atoms with van der Waals surface area (Å²) in [6.07, 6.45) is 2.02. The first-order chi connectivity index (χ1) is 9.60. The molecule has 2 N–H and O–H groups in total. The fourth-order valence-corrected chi connectivity index (χ4v) is 2.95. The maximum Gasteiger partial charge on any atom is 0.205 e. The summed E-state index contributed by atoms with van der Waals surface area (Å²) in [6, 6.07) is 11.1. The van der Waals surface area contributed by atoms with Gasteiger partial charge in [0.25, 0.3) is 0 Å². The zero-order valence-electron chi connectivity index (χ0n) is 10.6. The van der Waals surface area contributed by atoms with E-state index >= 15 is 0 Å². The second kappa shape index (κ2) is 5.25. The van der Waals surface area contributed by atoms with Crippen molar-refractivity contribution in [2.24, 2.45) is 0 Å². The first kappa shape index (κ1) is 13.7. The van der Waals surface area contributed by atoms with Crippen molar-refractivity contribution >= 4 is 51.3 Å². The van der Waals surface area contributed by atoms with Crippen LogP contribution in [0.5, 0.6) is 0 Å². The lowest BCUT2D eigenvalue weighted by Crippen LogP contribution is -2.00. The first-order valence-corrected chi connectivity index (χ1v) is 8.18. The summed E-state index contributed by atoms with van der Waals surface area (Å²) in [6.45, 7) is 0. The molecule has 0 radical (unpaired) electrons. The molecular formula is C14H11FIN3S. The van der Waals surface area contributed by atoms with Gasteiger partial charge in [0.15, 0.2) is 0 Å². The molecule has 2 aromatic carbocycles. The second-order valence-electron chi connectivity index (χ2n) is 4.26. The van der Waals surface area contributed by atoms with Gasteiger partial charge >= 0.3 is 0 Å². The Hall–Kier alpha value is -1.28. The second-order valence-corrected chi connectivity index (χ2v) is 6.30. The number of halogens is 2. The number of imidazole rings is 1. The molecule has 0 saturated carbocycles. The minimum Gasteiger partial charge on any atom is -0.369 e. The number of aromatic nitrogens is 2. The Morgan fingerprint density at radius 1 is 1.25 bits per heavy atom. The summed E-state index contributed by atoms with van der Waals surface area (Å²) in [5.41, 5.74) is 8.23. The van der Waals surface area contributed by atoms with Crippen LogP contribution in [0.2, 0.25) is 0 Å². The van der Waals surface area contributed by atoms with Crippen LogP contribution in [-0.2, 0) is 0 Å². The van der Waals surface area contributed by atoms with Gasteiger partial charge in [0, 0.05) is 16.6 Å². The number of hydrogen-bond donors (Lipinski definition) is 1. The van der Waals surface area contributed by atoms with Crippen LogP contribution in [0.1, 0.15) is 0 Å². The van der Waals surface area contributed by atoms with Gasteiger partial charge in [-0.05, 0) is 59.2 Å². The standard InChI is InChI=1S/C14H11FIN3S/c1-20-9-4-2-8(3-5-9)19-13-6-10(15)11(16)7-12(13)18-14(19)17/h2-7H,1H3,(H2,17,18). The number of anilines is 1. The Kier molecular flexibility index (Phi) is 3.59. The van der Waals surface area contributed by atoms with Crippen molar-refractivity contribution < 1.29 is 4.39 Å². The summed E-state index contributed by atoms with van der Waals surface area (Å²) in [4.78, 5) is 5.46. The third-order valence-corrected chi connectivity index (χ3v) is 4.62. The van der Waals surface area contributed by atoms with E-state index in [1.807, 2.05) is 53.1 Å². The van der Waals surface area contributed by atoms with Gasteiger partial charge in [0.05, 0.1) is 14.6 Å². The summed E-state index contributed by atoms with van der Waals surface area (Å²) in [5, 5.41) is 0. The quantitative estimate of drug-likeness (QED) is 0.522. The number of nitrogen functional groups attached to an aromatic ring is 1. The van der Waals surface area contributed by atoms with E-state index in [-0.39, 0.29) is 5.82 Å². The number of fused-ring (bicyclic) bond motifs is 1. The van der Waals surface area contributed by atoms with Gasteiger partial charge in [-0.2, -0.15) is 0 Å². The van der Waals surface area contributed by atoms with E-state index < -0.39 is 0 Å². The van der Waals surface area contributed by atoms with Gasteiger partial charge in [-0.15, -0.1) is 11.8 Å². The molecule has 3 rings (SSSR count). The Balaban J connectivity index is 2.23. The fourth-order valence-electron chi connectivity index (χ4n) is 2.09. The van der Waals surface area contributed by atoms with Crippen LogP contribution in [0.3, 0.4) is 0 Å². The molecule has 20 heavy (non-hydrogen) atoms. The minimum atomic E-state index is -0.264. The smallest absolute Gasteiger partial charge is 0.205 e. The molecule has 0 atom stereocenters. The Morgan fingerprint density at radius 3 is 2.60 bits per heavy atom. The maximum atomic E-state index is 13.8. The average Bonchev–Trinajstić information content (AvgIpc) is 2.75. The molecular weight excluding hydrogens is 388 g/mol. The predicted molar refractivity (Wildman–Crippen MR) is 89.9 cm³/mol. The van der Waals surface area contributed by atoms with Crippen LogP contribution < -0.4 is 5.73 Å². The van der Waals surface area contributed by atoms with Crippen LogP contribution >= 0.6 is 34.4 Å². The molecule has 0 aliphatic rings. The van der Waals surface area contributed by atoms with Crippen molar-refractivity contribution in [2.75, 3.05) is 12.0 Å². The molecule has 0 fully saturated rings. The Morgan fingerprint density at radius 2 is 1.95 bits per heavy atom. The molecule has 3 aromatic rings. The lowest BCUT2D eigenvalue weighted by Gasteiger charge is -2.07. The zero-order chi connectivity index (χ0) is 14.3. The van der Waals surface area contributed by atoms with Crippen molar-refractivity contribution in [1.29, 1.82) is 0 Å². The topological polar surface area (TPSA) is 43.8 Å². The highest BCUT2D eigenvalue weighted by molar-refractivity contribution is 14.1. The number of benzene rings is 2. The van der Waals surface area contributed by atoms with Gasteiger partial charge in [-0.3, -0.25) is 4.57 Å². The molecule has 0 aliphatic heterocycles. The number of hydrogen-bond acceptors (Lipinski definition) is 3. The largest absolute Gasteiger partial charge is 0.369 e. The summed E-state index contributed by atoms with van der Waals surface area (Å²) in [7, 11) is 0. The third-order valence-electron chi connectivity index (χ3n) is 3.05. The van der Waals surface area contributed by atoms with Crippen molar-refractivity contribution in [3.63, 3.8) is 0 Å². The molecule has 0 saturated heterocycles. The normalized spacial score (nSPS) is 11.2. The first-order valence-electron chi connectivity index (χ1n) is 5.87. The molecule has 0 amide bonds. The van der Waals surface area contributed by atoms with Gasteiger partial charge in [-0.25, -0.2) is 9.37 Å². The van der Waals surface area contributed by atoms with E-state index in [1.165, 1.54) is 6.07 Å². The minimum absolute atomic E-state index is 0.264. The van der Waals surface area contributed by atoms with E-state index in [2.05, 4.69) is 4.98 Å². The van der Waals surface area contributed by atoms with Crippen LogP contribution in [-0.4, -0.2) is 15.8 Å². The SMILES string of the molecule is CSc1ccc(-n2c(N)nc3cc(I)c(F)cc32)cc1. The zero-order valence-corrected chi connectivity index (χ0v) is 13.6. The Labute approximate surface area is 133 Å². The summed E-state index contributed by atoms with van der Waals surface area (Å²) < 4.78 is 16.1. The van der Waals surface area contributed by atoms with Crippen molar-refractivity contribution in [2.45, 2.75) is 4.90 Å². The highest BCUT2D eigenvalue weighted by atomic mass is 127. The monoisotopic (exact) mass is 399 g/mol. The van der Waals surface area contributed by atoms with Gasteiger partial charge in [0.2, 0.25) is 5.95 Å². The third kappa shape index (κ3) is 2.26. The van der Waals surface area contributed by atoms with Gasteiger partial charge in [-0.1, -0.05) is 0 Å². The molecule has 0 spiro atoms. The predicted octanol–water partition coefficient (Wildman–Crippen LogP) is 4.07. The molecule has 102 valence electrons. The number of thioether (sulfide) groups is 1. The molecule has 1 aromatic heterocycles. The fraction of sp³-hybridized carbons (Fsp3) is 0.0714. The van der Waals surface area contributed by atoms with E-state index in [9.17, 15) is 4.39 Å². The highest BCUT2D eigenvalue weighted by Crippen LogP contribution is 2.27. The molecule has 0 unspecified atom stereocenters. The lowest BCUT2D eigenvalue weighted by atomic mass is 10.2. The van der Waals surface area contributed by atoms with E-state index in [1.54, 1.807) is 22.4 Å². The van der Waals surface area contributed by atoms with E-state index in [0.717, 1.165) is 10.6 Å². The highest BCUT2D eigenvalue weighted by Gasteiger charge is 2.12.